The monoisotopic (exact) mass is 258 g/mol. The number of methoxy groups -OCH3 is 2. The molecule has 0 spiro atoms. The zero-order valence-corrected chi connectivity index (χ0v) is 12.3. The molecule has 18 heavy (non-hydrogen) atoms. The number of rotatable bonds is 9. The Bertz CT molecular complexity index is 194. The van der Waals surface area contributed by atoms with Gasteiger partial charge in [-0.25, -0.2) is 0 Å². The fraction of sp³-hybridized carbons (Fsp3) is 1.00. The summed E-state index contributed by atoms with van der Waals surface area (Å²) in [6.07, 6.45) is 5.43. The van der Waals surface area contributed by atoms with E-state index >= 15 is 0 Å². The summed E-state index contributed by atoms with van der Waals surface area (Å²) in [7, 11) is 5.63. The first-order valence-corrected chi connectivity index (χ1v) is 7.19. The number of hydrogen-bond donors (Lipinski definition) is 1. The molecule has 4 heteroatoms. The van der Waals surface area contributed by atoms with E-state index in [2.05, 4.69) is 17.3 Å². The van der Waals surface area contributed by atoms with E-state index in [1.165, 1.54) is 25.7 Å². The van der Waals surface area contributed by atoms with Crippen molar-refractivity contribution in [3.8, 4) is 0 Å². The highest BCUT2D eigenvalue weighted by Crippen LogP contribution is 2.25. The lowest BCUT2D eigenvalue weighted by Gasteiger charge is -2.35. The highest BCUT2D eigenvalue weighted by Gasteiger charge is 2.25. The third-order valence-corrected chi connectivity index (χ3v) is 4.00. The van der Waals surface area contributed by atoms with Gasteiger partial charge in [0.05, 0.1) is 13.2 Å². The number of nitrogens with zero attached hydrogens (tertiary/aromatic N) is 1. The molecule has 0 aromatic rings. The van der Waals surface area contributed by atoms with Gasteiger partial charge in [-0.15, -0.1) is 0 Å². The van der Waals surface area contributed by atoms with E-state index in [0.29, 0.717) is 6.04 Å². The van der Waals surface area contributed by atoms with E-state index in [4.69, 9.17) is 9.47 Å². The van der Waals surface area contributed by atoms with E-state index in [1.54, 1.807) is 14.2 Å². The van der Waals surface area contributed by atoms with Crippen LogP contribution in [-0.2, 0) is 9.47 Å². The molecule has 2 unspecified atom stereocenters. The Morgan fingerprint density at radius 2 is 1.67 bits per heavy atom. The van der Waals surface area contributed by atoms with Crippen molar-refractivity contribution in [2.75, 3.05) is 54.1 Å². The molecule has 2 atom stereocenters. The predicted octanol–water partition coefficient (Wildman–Crippen LogP) is 1.36. The first-order valence-electron chi connectivity index (χ1n) is 7.19. The van der Waals surface area contributed by atoms with Gasteiger partial charge < -0.3 is 14.8 Å². The van der Waals surface area contributed by atoms with E-state index in [0.717, 1.165) is 38.8 Å². The molecule has 0 bridgehead atoms. The first kappa shape index (κ1) is 15.9. The van der Waals surface area contributed by atoms with Crippen LogP contribution >= 0.6 is 0 Å². The van der Waals surface area contributed by atoms with E-state index < -0.39 is 0 Å². The Balaban J connectivity index is 2.40. The van der Waals surface area contributed by atoms with Crippen LogP contribution in [0.2, 0.25) is 0 Å². The summed E-state index contributed by atoms with van der Waals surface area (Å²) in [6.45, 7) is 4.79. The summed E-state index contributed by atoms with van der Waals surface area (Å²) in [6, 6.07) is 0.686. The molecule has 1 aliphatic rings. The standard InChI is InChI=1S/C14H30N2O2/c1-15-14-7-5-4-6-13(14)12-16(8-10-17-2)9-11-18-3/h13-15H,4-12H2,1-3H3. The molecular weight excluding hydrogens is 228 g/mol. The van der Waals surface area contributed by atoms with Crippen molar-refractivity contribution >= 4 is 0 Å². The zero-order chi connectivity index (χ0) is 13.2. The van der Waals surface area contributed by atoms with E-state index in [9.17, 15) is 0 Å². The van der Waals surface area contributed by atoms with Crippen molar-refractivity contribution in [2.45, 2.75) is 31.7 Å². The minimum atomic E-state index is 0.686. The highest BCUT2D eigenvalue weighted by molar-refractivity contribution is 4.82. The number of ether oxygens (including phenoxy) is 2. The highest BCUT2D eigenvalue weighted by atomic mass is 16.5. The van der Waals surface area contributed by atoms with Crippen LogP contribution in [-0.4, -0.2) is 65.1 Å². The summed E-state index contributed by atoms with van der Waals surface area (Å²) in [5.74, 6) is 0.775. The molecule has 0 amide bonds. The minimum absolute atomic E-state index is 0.686. The Kier molecular flexibility index (Phi) is 8.59. The van der Waals surface area contributed by atoms with Crippen LogP contribution in [0, 0.1) is 5.92 Å². The van der Waals surface area contributed by atoms with Crippen LogP contribution in [0.4, 0.5) is 0 Å². The molecule has 0 saturated heterocycles. The van der Waals surface area contributed by atoms with Crippen LogP contribution in [0.15, 0.2) is 0 Å². The molecule has 1 saturated carbocycles. The second-order valence-corrected chi connectivity index (χ2v) is 5.23. The van der Waals surface area contributed by atoms with E-state index in [-0.39, 0.29) is 0 Å². The topological polar surface area (TPSA) is 33.7 Å². The Morgan fingerprint density at radius 1 is 1.06 bits per heavy atom. The summed E-state index contributed by atoms with van der Waals surface area (Å²) >= 11 is 0. The van der Waals surface area contributed by atoms with Crippen LogP contribution in [0.3, 0.4) is 0 Å². The van der Waals surface area contributed by atoms with Gasteiger partial charge in [-0.1, -0.05) is 12.8 Å². The maximum absolute atomic E-state index is 5.20. The van der Waals surface area contributed by atoms with Crippen molar-refractivity contribution in [1.29, 1.82) is 0 Å². The van der Waals surface area contributed by atoms with E-state index in [1.807, 2.05) is 0 Å². The molecule has 4 nitrogen and oxygen atoms in total. The molecule has 108 valence electrons. The molecule has 0 aromatic heterocycles. The van der Waals surface area contributed by atoms with Crippen molar-refractivity contribution in [3.05, 3.63) is 0 Å². The van der Waals surface area contributed by atoms with Gasteiger partial charge in [0.15, 0.2) is 0 Å². The number of nitrogens with one attached hydrogen (secondary N) is 1. The SMILES string of the molecule is CNC1CCCCC1CN(CCOC)CCOC. The normalized spacial score (nSPS) is 24.7. The second kappa shape index (κ2) is 9.73. The summed E-state index contributed by atoms with van der Waals surface area (Å²) in [5.41, 5.74) is 0. The number of hydrogen-bond acceptors (Lipinski definition) is 4. The fourth-order valence-corrected chi connectivity index (χ4v) is 2.87. The molecule has 0 heterocycles. The molecule has 0 radical (unpaired) electrons. The third-order valence-electron chi connectivity index (χ3n) is 4.00. The lowest BCUT2D eigenvalue weighted by atomic mass is 9.84. The van der Waals surface area contributed by atoms with Gasteiger partial charge in [0, 0.05) is 39.9 Å². The van der Waals surface area contributed by atoms with Gasteiger partial charge in [-0.3, -0.25) is 4.90 Å². The first-order chi connectivity index (χ1) is 8.81. The zero-order valence-electron chi connectivity index (χ0n) is 12.3. The Labute approximate surface area is 112 Å². The van der Waals surface area contributed by atoms with Crippen LogP contribution in [0.5, 0.6) is 0 Å². The van der Waals surface area contributed by atoms with Crippen LogP contribution in [0.25, 0.3) is 0 Å². The van der Waals surface area contributed by atoms with Crippen molar-refractivity contribution in [3.63, 3.8) is 0 Å². The largest absolute Gasteiger partial charge is 0.383 e. The van der Waals surface area contributed by atoms with Crippen LogP contribution in [0.1, 0.15) is 25.7 Å². The van der Waals surface area contributed by atoms with Crippen molar-refractivity contribution in [2.24, 2.45) is 5.92 Å². The van der Waals surface area contributed by atoms with Gasteiger partial charge in [0.2, 0.25) is 0 Å². The van der Waals surface area contributed by atoms with Crippen LogP contribution < -0.4 is 5.32 Å². The molecule has 0 aliphatic heterocycles. The van der Waals surface area contributed by atoms with Gasteiger partial charge >= 0.3 is 0 Å². The second-order valence-electron chi connectivity index (χ2n) is 5.23. The minimum Gasteiger partial charge on any atom is -0.383 e. The smallest absolute Gasteiger partial charge is 0.0589 e. The maximum atomic E-state index is 5.20. The summed E-state index contributed by atoms with van der Waals surface area (Å²) in [4.78, 5) is 2.48. The van der Waals surface area contributed by atoms with Gasteiger partial charge in [0.25, 0.3) is 0 Å². The quantitative estimate of drug-likeness (QED) is 0.677. The molecule has 1 rings (SSSR count). The Morgan fingerprint density at radius 3 is 2.22 bits per heavy atom. The van der Waals surface area contributed by atoms with Crippen molar-refractivity contribution < 1.29 is 9.47 Å². The lowest BCUT2D eigenvalue weighted by Crippen LogP contribution is -2.44. The van der Waals surface area contributed by atoms with Crippen molar-refractivity contribution in [1.82, 2.24) is 10.2 Å². The fourth-order valence-electron chi connectivity index (χ4n) is 2.87. The average molecular weight is 258 g/mol. The Hall–Kier alpha value is -0.160. The lowest BCUT2D eigenvalue weighted by molar-refractivity contribution is 0.0917. The van der Waals surface area contributed by atoms with Gasteiger partial charge in [0.1, 0.15) is 0 Å². The predicted molar refractivity (Wildman–Crippen MR) is 75.0 cm³/mol. The molecule has 1 N–H and O–H groups in total. The maximum Gasteiger partial charge on any atom is 0.0589 e. The molecule has 0 aromatic carbocycles. The van der Waals surface area contributed by atoms with Gasteiger partial charge in [-0.05, 0) is 25.8 Å². The summed E-state index contributed by atoms with van der Waals surface area (Å²) in [5, 5.41) is 3.48. The third kappa shape index (κ3) is 5.65. The summed E-state index contributed by atoms with van der Waals surface area (Å²) < 4.78 is 10.4. The molecular formula is C14H30N2O2. The average Bonchev–Trinajstić information content (AvgIpc) is 2.42. The van der Waals surface area contributed by atoms with Gasteiger partial charge in [-0.2, -0.15) is 0 Å². The molecule has 1 aliphatic carbocycles. The molecule has 1 fully saturated rings.